The molecule has 0 saturated heterocycles. The van der Waals surface area contributed by atoms with Crippen molar-refractivity contribution in [3.05, 3.63) is 0 Å². The van der Waals surface area contributed by atoms with Crippen LogP contribution in [0.1, 0.15) is 60.8 Å². The van der Waals surface area contributed by atoms with Crippen molar-refractivity contribution in [3.8, 4) is 0 Å². The highest BCUT2D eigenvalue weighted by Gasteiger charge is 2.23. The van der Waals surface area contributed by atoms with Gasteiger partial charge in [-0.05, 0) is 39.8 Å². The highest BCUT2D eigenvalue weighted by atomic mass is 16.2. The second-order valence-electron chi connectivity index (χ2n) is 5.09. The zero-order valence-corrected chi connectivity index (χ0v) is 13.2. The molecule has 0 bridgehead atoms. The van der Waals surface area contributed by atoms with Crippen molar-refractivity contribution in [3.63, 3.8) is 0 Å². The second-order valence-corrected chi connectivity index (χ2v) is 5.09. The average molecular weight is 256 g/mol. The number of carbonyl (C=O) groups excluding carboxylic acids is 1. The summed E-state index contributed by atoms with van der Waals surface area (Å²) in [6.45, 7) is 15.8. The predicted octanol–water partition coefficient (Wildman–Crippen LogP) is 3.14. The van der Waals surface area contributed by atoms with Crippen LogP contribution in [0.4, 0.5) is 0 Å². The molecular formula is C15H32N2O. The van der Waals surface area contributed by atoms with E-state index in [1.54, 1.807) is 0 Å². The molecule has 108 valence electrons. The fraction of sp³-hybridized carbons (Fsp3) is 0.933. The Hall–Kier alpha value is -0.570. The van der Waals surface area contributed by atoms with E-state index in [9.17, 15) is 4.79 Å². The van der Waals surface area contributed by atoms with E-state index in [1.807, 2.05) is 0 Å². The number of hydrogen-bond acceptors (Lipinski definition) is 2. The third-order valence-electron chi connectivity index (χ3n) is 3.96. The van der Waals surface area contributed by atoms with Gasteiger partial charge in [-0.3, -0.25) is 4.79 Å². The average Bonchev–Trinajstić information content (AvgIpc) is 2.39. The standard InChI is InChI=1S/C15H32N2O/c1-7-13(5)17(14(6)8-2)15(18)11-12-16(9-3)10-4/h13-14H,7-12H2,1-6H3. The summed E-state index contributed by atoms with van der Waals surface area (Å²) in [6, 6.07) is 0.702. The lowest BCUT2D eigenvalue weighted by Gasteiger charge is -2.34. The highest BCUT2D eigenvalue weighted by molar-refractivity contribution is 5.77. The van der Waals surface area contributed by atoms with Crippen LogP contribution < -0.4 is 0 Å². The Morgan fingerprint density at radius 3 is 1.72 bits per heavy atom. The molecule has 0 rings (SSSR count). The molecule has 2 atom stereocenters. The minimum Gasteiger partial charge on any atom is -0.337 e. The van der Waals surface area contributed by atoms with E-state index in [4.69, 9.17) is 0 Å². The van der Waals surface area contributed by atoms with E-state index in [0.717, 1.165) is 32.5 Å². The maximum atomic E-state index is 12.4. The van der Waals surface area contributed by atoms with Gasteiger partial charge < -0.3 is 9.80 Å². The molecule has 0 aliphatic heterocycles. The van der Waals surface area contributed by atoms with Crippen LogP contribution >= 0.6 is 0 Å². The Balaban J connectivity index is 4.47. The first-order chi connectivity index (χ1) is 8.51. The van der Waals surface area contributed by atoms with Crippen LogP contribution in [-0.2, 0) is 4.79 Å². The molecule has 1 amide bonds. The lowest BCUT2D eigenvalue weighted by molar-refractivity contribution is -0.136. The van der Waals surface area contributed by atoms with E-state index in [1.165, 1.54) is 0 Å². The second kappa shape index (κ2) is 9.37. The van der Waals surface area contributed by atoms with Gasteiger partial charge >= 0.3 is 0 Å². The van der Waals surface area contributed by atoms with Crippen molar-refractivity contribution in [2.45, 2.75) is 72.9 Å². The summed E-state index contributed by atoms with van der Waals surface area (Å²) in [7, 11) is 0. The van der Waals surface area contributed by atoms with Gasteiger partial charge in [0.15, 0.2) is 0 Å². The van der Waals surface area contributed by atoms with E-state index < -0.39 is 0 Å². The number of carbonyl (C=O) groups is 1. The van der Waals surface area contributed by atoms with Gasteiger partial charge in [0, 0.05) is 25.0 Å². The predicted molar refractivity (Wildman–Crippen MR) is 78.8 cm³/mol. The van der Waals surface area contributed by atoms with E-state index in [-0.39, 0.29) is 0 Å². The largest absolute Gasteiger partial charge is 0.337 e. The Labute approximate surface area is 114 Å². The summed E-state index contributed by atoms with van der Waals surface area (Å²) in [6.07, 6.45) is 2.71. The van der Waals surface area contributed by atoms with Gasteiger partial charge in [-0.1, -0.05) is 27.7 Å². The molecule has 0 spiro atoms. The van der Waals surface area contributed by atoms with Crippen molar-refractivity contribution in [1.29, 1.82) is 0 Å². The molecule has 0 aromatic heterocycles. The molecule has 3 nitrogen and oxygen atoms in total. The van der Waals surface area contributed by atoms with Gasteiger partial charge in [0.05, 0.1) is 0 Å². The molecule has 0 N–H and O–H groups in total. The van der Waals surface area contributed by atoms with Crippen LogP contribution in [-0.4, -0.2) is 47.4 Å². The molecule has 3 heteroatoms. The van der Waals surface area contributed by atoms with Crippen molar-refractivity contribution in [2.75, 3.05) is 19.6 Å². The molecular weight excluding hydrogens is 224 g/mol. The van der Waals surface area contributed by atoms with Crippen LogP contribution in [0.15, 0.2) is 0 Å². The topological polar surface area (TPSA) is 23.6 Å². The van der Waals surface area contributed by atoms with Crippen LogP contribution in [0, 0.1) is 0 Å². The Bertz CT molecular complexity index is 217. The molecule has 0 radical (unpaired) electrons. The number of amides is 1. The molecule has 0 heterocycles. The summed E-state index contributed by atoms with van der Waals surface area (Å²) in [5.41, 5.74) is 0. The van der Waals surface area contributed by atoms with Gasteiger partial charge in [0.25, 0.3) is 0 Å². The third kappa shape index (κ3) is 5.38. The van der Waals surface area contributed by atoms with Gasteiger partial charge in [-0.25, -0.2) is 0 Å². The van der Waals surface area contributed by atoms with Crippen molar-refractivity contribution < 1.29 is 4.79 Å². The maximum absolute atomic E-state index is 12.4. The quantitative estimate of drug-likeness (QED) is 0.633. The summed E-state index contributed by atoms with van der Waals surface area (Å²) >= 11 is 0. The Kier molecular flexibility index (Phi) is 9.08. The Morgan fingerprint density at radius 2 is 1.39 bits per heavy atom. The minimum atomic E-state index is 0.311. The van der Waals surface area contributed by atoms with E-state index >= 15 is 0 Å². The summed E-state index contributed by atoms with van der Waals surface area (Å²) in [5, 5.41) is 0. The number of hydrogen-bond donors (Lipinski definition) is 0. The van der Waals surface area contributed by atoms with Gasteiger partial charge in [0.2, 0.25) is 5.91 Å². The van der Waals surface area contributed by atoms with Crippen molar-refractivity contribution >= 4 is 5.91 Å². The monoisotopic (exact) mass is 256 g/mol. The zero-order chi connectivity index (χ0) is 14.1. The SMILES string of the molecule is CCC(C)N(C(=O)CCN(CC)CC)C(C)CC. The first kappa shape index (κ1) is 17.4. The highest BCUT2D eigenvalue weighted by Crippen LogP contribution is 2.13. The first-order valence-corrected chi connectivity index (χ1v) is 7.55. The summed E-state index contributed by atoms with van der Waals surface area (Å²) < 4.78 is 0. The van der Waals surface area contributed by atoms with Gasteiger partial charge in [-0.15, -0.1) is 0 Å². The normalized spacial score (nSPS) is 14.6. The van der Waals surface area contributed by atoms with Gasteiger partial charge in [-0.2, -0.15) is 0 Å². The molecule has 0 aromatic carbocycles. The van der Waals surface area contributed by atoms with Crippen LogP contribution in [0.5, 0.6) is 0 Å². The molecule has 0 aliphatic rings. The minimum absolute atomic E-state index is 0.311. The lowest BCUT2D eigenvalue weighted by atomic mass is 10.1. The zero-order valence-electron chi connectivity index (χ0n) is 13.2. The lowest BCUT2D eigenvalue weighted by Crippen LogP contribution is -2.45. The van der Waals surface area contributed by atoms with Crippen LogP contribution in [0.3, 0.4) is 0 Å². The molecule has 0 saturated carbocycles. The summed E-state index contributed by atoms with van der Waals surface area (Å²) in [5.74, 6) is 0.311. The van der Waals surface area contributed by atoms with Crippen LogP contribution in [0.25, 0.3) is 0 Å². The van der Waals surface area contributed by atoms with E-state index in [0.29, 0.717) is 24.4 Å². The van der Waals surface area contributed by atoms with Gasteiger partial charge in [0.1, 0.15) is 0 Å². The molecule has 0 aliphatic carbocycles. The Morgan fingerprint density at radius 1 is 0.944 bits per heavy atom. The smallest absolute Gasteiger partial charge is 0.224 e. The van der Waals surface area contributed by atoms with Crippen molar-refractivity contribution in [1.82, 2.24) is 9.80 Å². The fourth-order valence-corrected chi connectivity index (χ4v) is 2.24. The first-order valence-electron chi connectivity index (χ1n) is 7.55. The molecule has 0 aromatic rings. The summed E-state index contributed by atoms with van der Waals surface area (Å²) in [4.78, 5) is 16.8. The fourth-order valence-electron chi connectivity index (χ4n) is 2.24. The third-order valence-corrected chi connectivity index (χ3v) is 3.96. The van der Waals surface area contributed by atoms with Crippen molar-refractivity contribution in [2.24, 2.45) is 0 Å². The maximum Gasteiger partial charge on any atom is 0.224 e. The molecule has 2 unspecified atom stereocenters. The number of rotatable bonds is 9. The van der Waals surface area contributed by atoms with Crippen LogP contribution in [0.2, 0.25) is 0 Å². The molecule has 18 heavy (non-hydrogen) atoms. The molecule has 0 fully saturated rings. The van der Waals surface area contributed by atoms with E-state index in [2.05, 4.69) is 51.3 Å². The number of nitrogens with zero attached hydrogens (tertiary/aromatic N) is 2.